The number of phenolic OH excluding ortho intramolecular Hbond substituents is 3. The Morgan fingerprint density at radius 3 is 2.30 bits per heavy atom. The van der Waals surface area contributed by atoms with Crippen molar-refractivity contribution in [1.29, 1.82) is 0 Å². The van der Waals surface area contributed by atoms with Crippen LogP contribution in [0, 0.1) is 36.4 Å². The number of aliphatic hydroxyl groups is 2. The van der Waals surface area contributed by atoms with Crippen molar-refractivity contribution in [3.05, 3.63) is 81.9 Å². The fraction of sp³-hybridized carbons (Fsp3) is 0.409. The van der Waals surface area contributed by atoms with Crippen LogP contribution in [0.2, 0.25) is 5.02 Å². The molecule has 0 aliphatic carbocycles. The lowest BCUT2D eigenvalue weighted by molar-refractivity contribution is -0.160. The Bertz CT molecular complexity index is 2310. The van der Waals surface area contributed by atoms with Crippen LogP contribution in [0.15, 0.2) is 59.3 Å². The molecule has 3 heterocycles. The number of amides is 1. The van der Waals surface area contributed by atoms with E-state index in [0.717, 1.165) is 18.5 Å². The van der Waals surface area contributed by atoms with Gasteiger partial charge >= 0.3 is 11.8 Å². The molecule has 0 fully saturated rings. The van der Waals surface area contributed by atoms with E-state index in [2.05, 4.69) is 10.3 Å². The van der Waals surface area contributed by atoms with E-state index in [1.807, 2.05) is 0 Å². The van der Waals surface area contributed by atoms with Crippen molar-refractivity contribution in [1.82, 2.24) is 0 Å². The minimum atomic E-state index is -2.13. The van der Waals surface area contributed by atoms with E-state index < -0.39 is 117 Å². The number of aliphatic hydroxyl groups excluding tert-OH is 2. The third kappa shape index (κ3) is 8.57. The summed E-state index contributed by atoms with van der Waals surface area (Å²) >= 11 is 6.24. The van der Waals surface area contributed by atoms with E-state index in [1.165, 1.54) is 65.2 Å². The molecule has 9 atom stereocenters. The highest BCUT2D eigenvalue weighted by molar-refractivity contribution is 6.33. The lowest BCUT2D eigenvalue weighted by atomic mass is 9.78. The van der Waals surface area contributed by atoms with Gasteiger partial charge in [-0.2, -0.15) is 0 Å². The number of esters is 1. The van der Waals surface area contributed by atoms with E-state index in [9.17, 15) is 44.3 Å². The second-order valence-electron chi connectivity index (χ2n) is 15.4. The monoisotopic (exact) mass is 852 g/mol. The molecule has 0 spiro atoms. The Morgan fingerprint density at radius 2 is 1.67 bits per heavy atom. The van der Waals surface area contributed by atoms with Crippen LogP contribution in [0.25, 0.3) is 10.8 Å². The number of fused-ring (bicyclic) bond motifs is 14. The SMILES string of the molecule is CO[C@H]1/C=C/O[C@@]2(C)Oc3c(C)c(O)c4c(O)c(c(N=Cc5c(F)cccc5Cl)c(O)c4c3C2=O)NC(=O)/C(C)=C\C=C\[C@H](C)[C@H](O)[C@@H](C)[C@@H](O)[C@@H](C)[C@H](OC(C)=O)[C@@H]1C. The number of ketones is 1. The first kappa shape index (κ1) is 45.6. The molecule has 0 aromatic heterocycles. The zero-order chi connectivity index (χ0) is 44.5. The van der Waals surface area contributed by atoms with Crippen LogP contribution >= 0.6 is 11.6 Å². The summed E-state index contributed by atoms with van der Waals surface area (Å²) in [5.41, 5.74) is -1.50. The summed E-state index contributed by atoms with van der Waals surface area (Å²) in [4.78, 5) is 44.7. The average molecular weight is 853 g/mol. The highest BCUT2D eigenvalue weighted by Gasteiger charge is 2.50. The number of hydrogen-bond donors (Lipinski definition) is 6. The van der Waals surface area contributed by atoms with Crippen molar-refractivity contribution in [3.63, 3.8) is 0 Å². The third-order valence-electron chi connectivity index (χ3n) is 11.3. The molecule has 16 heteroatoms. The summed E-state index contributed by atoms with van der Waals surface area (Å²) in [5, 5.41) is 59.8. The van der Waals surface area contributed by atoms with Crippen LogP contribution in [0.3, 0.4) is 0 Å². The Kier molecular flexibility index (Phi) is 13.7. The summed E-state index contributed by atoms with van der Waals surface area (Å²) in [6.07, 6.45) is 4.07. The van der Waals surface area contributed by atoms with E-state index in [1.54, 1.807) is 33.8 Å². The lowest BCUT2D eigenvalue weighted by Gasteiger charge is -2.38. The van der Waals surface area contributed by atoms with Crippen LogP contribution in [0.1, 0.15) is 70.0 Å². The fourth-order valence-corrected chi connectivity index (χ4v) is 7.81. The standard InChI is InChI=1S/C44H50ClFN2O12/c1-19-12-10-13-20(2)43(56)48-34-33(47-18-26-27(45)14-11-15-28(26)46)38(53)30-31(39(34)54)37(52)24(6)41-32(30)42(55)44(8,60-41)58-17-16-29(57-9)21(3)40(59-25(7)49)23(5)36(51)22(4)35(19)50/h10-19,21-23,29,35-36,40,50-54H,1-9H3,(H,48,56)/b12-10+,17-16+,20-13-,47-18?/t19-,21+,22+,23+,29-,35-,36+,40+,44-/m0/s1. The maximum absolute atomic E-state index is 14.9. The quantitative estimate of drug-likeness (QED) is 0.0661. The average Bonchev–Trinajstić information content (AvgIpc) is 3.46. The number of aromatic hydroxyl groups is 3. The molecule has 6 rings (SSSR count). The number of methoxy groups -OCH3 is 1. The number of rotatable bonds is 4. The first-order valence-corrected chi connectivity index (χ1v) is 19.6. The molecule has 0 unspecified atom stereocenters. The maximum atomic E-state index is 14.9. The number of carbonyl (C=O) groups excluding carboxylic acids is 3. The zero-order valence-corrected chi connectivity index (χ0v) is 35.4. The molecular formula is C44H50ClFN2O12. The molecule has 1 amide bonds. The minimum Gasteiger partial charge on any atom is -0.507 e. The molecule has 3 aliphatic heterocycles. The smallest absolute Gasteiger partial charge is 0.312 e. The molecule has 3 aromatic rings. The highest BCUT2D eigenvalue weighted by atomic mass is 35.5. The first-order valence-electron chi connectivity index (χ1n) is 19.2. The third-order valence-corrected chi connectivity index (χ3v) is 11.6. The Labute approximate surface area is 351 Å². The number of nitrogens with zero attached hydrogens (tertiary/aromatic N) is 1. The topological polar surface area (TPSA) is 214 Å². The van der Waals surface area contributed by atoms with E-state index in [-0.39, 0.29) is 33.0 Å². The van der Waals surface area contributed by atoms with Gasteiger partial charge in [0.25, 0.3) is 11.7 Å². The predicted molar refractivity (Wildman–Crippen MR) is 222 cm³/mol. The first-order chi connectivity index (χ1) is 28.2. The summed E-state index contributed by atoms with van der Waals surface area (Å²) < 4.78 is 38.3. The Hall–Kier alpha value is -5.48. The molecular weight excluding hydrogens is 803 g/mol. The van der Waals surface area contributed by atoms with Crippen molar-refractivity contribution < 1.29 is 63.3 Å². The lowest BCUT2D eigenvalue weighted by Crippen LogP contribution is -2.46. The van der Waals surface area contributed by atoms with Gasteiger partial charge in [0.1, 0.15) is 34.8 Å². The number of halogens is 2. The van der Waals surface area contributed by atoms with Gasteiger partial charge in [-0.15, -0.1) is 0 Å². The summed E-state index contributed by atoms with van der Waals surface area (Å²) in [6.45, 7) is 12.2. The van der Waals surface area contributed by atoms with Gasteiger partial charge in [0, 0.05) is 72.9 Å². The number of Topliss-reactive ketones (excluding diaryl/α,β-unsaturated/α-hetero) is 1. The van der Waals surface area contributed by atoms with Gasteiger partial charge in [0.05, 0.1) is 40.5 Å². The van der Waals surface area contributed by atoms with Crippen LogP contribution in [-0.4, -0.2) is 86.7 Å². The fourth-order valence-electron chi connectivity index (χ4n) is 7.60. The summed E-state index contributed by atoms with van der Waals surface area (Å²) in [7, 11) is 1.40. The van der Waals surface area contributed by atoms with E-state index in [4.69, 9.17) is 30.5 Å². The summed E-state index contributed by atoms with van der Waals surface area (Å²) in [6, 6.07) is 3.89. The van der Waals surface area contributed by atoms with Gasteiger partial charge in [-0.1, -0.05) is 63.6 Å². The predicted octanol–water partition coefficient (Wildman–Crippen LogP) is 7.30. The normalized spacial score (nSPS) is 29.8. The van der Waals surface area contributed by atoms with Gasteiger partial charge in [-0.05, 0) is 32.1 Å². The Morgan fingerprint density at radius 1 is 0.983 bits per heavy atom. The number of aliphatic imine (C=N–C) groups is 1. The number of nitrogens with one attached hydrogen (secondary N) is 1. The number of benzene rings is 3. The van der Waals surface area contributed by atoms with Gasteiger partial charge in [0.2, 0.25) is 0 Å². The number of hydrogen-bond acceptors (Lipinski definition) is 13. The summed E-state index contributed by atoms with van der Waals surface area (Å²) in [5.74, 6) is -10.2. The number of anilines is 1. The molecule has 3 aromatic carbocycles. The molecule has 5 bridgehead atoms. The van der Waals surface area contributed by atoms with E-state index in [0.29, 0.717) is 0 Å². The van der Waals surface area contributed by atoms with Crippen molar-refractivity contribution in [2.45, 2.75) is 85.6 Å². The van der Waals surface area contributed by atoms with Gasteiger partial charge in [-0.25, -0.2) is 9.38 Å². The molecule has 60 heavy (non-hydrogen) atoms. The molecule has 322 valence electrons. The minimum absolute atomic E-state index is 0.0269. The zero-order valence-electron chi connectivity index (χ0n) is 34.6. The molecule has 3 aliphatic rings. The second kappa shape index (κ2) is 18.0. The van der Waals surface area contributed by atoms with Crippen LogP contribution in [0.5, 0.6) is 23.0 Å². The number of allylic oxidation sites excluding steroid dienone is 2. The largest absolute Gasteiger partial charge is 0.507 e. The molecule has 14 nitrogen and oxygen atoms in total. The molecule has 0 radical (unpaired) electrons. The van der Waals surface area contributed by atoms with Crippen molar-refractivity contribution in [2.24, 2.45) is 28.7 Å². The second-order valence-corrected chi connectivity index (χ2v) is 15.9. The van der Waals surface area contributed by atoms with E-state index >= 15 is 0 Å². The van der Waals surface area contributed by atoms with Crippen molar-refractivity contribution in [2.75, 3.05) is 12.4 Å². The van der Waals surface area contributed by atoms with Crippen LogP contribution < -0.4 is 10.1 Å². The molecule has 6 N–H and O–H groups in total. The van der Waals surface area contributed by atoms with Crippen LogP contribution in [-0.2, 0) is 23.8 Å². The molecule has 0 saturated heterocycles. The van der Waals surface area contributed by atoms with Crippen LogP contribution in [0.4, 0.5) is 15.8 Å². The van der Waals surface area contributed by atoms with Crippen molar-refractivity contribution >= 4 is 57.6 Å². The maximum Gasteiger partial charge on any atom is 0.312 e. The van der Waals surface area contributed by atoms with Gasteiger partial charge < -0.3 is 49.8 Å². The van der Waals surface area contributed by atoms with Crippen molar-refractivity contribution in [3.8, 4) is 23.0 Å². The highest BCUT2D eigenvalue weighted by Crippen LogP contribution is 2.57. The number of ether oxygens (including phenoxy) is 4. The Balaban J connectivity index is 1.75. The van der Waals surface area contributed by atoms with Gasteiger partial charge in [0.15, 0.2) is 11.5 Å². The number of phenols is 3. The van der Waals surface area contributed by atoms with Gasteiger partial charge in [-0.3, -0.25) is 14.4 Å². The number of carbonyl (C=O) groups is 3. The molecule has 0 saturated carbocycles.